The number of ether oxygens (including phenoxy) is 2. The molecule has 0 amide bonds. The molecule has 0 bridgehead atoms. The van der Waals surface area contributed by atoms with Crippen LogP contribution in [0.3, 0.4) is 0 Å². The Balaban J connectivity index is -0.0000000417. The van der Waals surface area contributed by atoms with E-state index >= 15 is 0 Å². The van der Waals surface area contributed by atoms with E-state index < -0.39 is 0 Å². The van der Waals surface area contributed by atoms with Gasteiger partial charge in [-0.15, -0.1) is 0 Å². The van der Waals surface area contributed by atoms with Gasteiger partial charge in [0.05, 0.1) is 13.2 Å². The van der Waals surface area contributed by atoms with Crippen LogP contribution in [0.1, 0.15) is 1.43 Å². The normalized spacial score (nSPS) is 6.75. The Hall–Kier alpha value is 1.45. The van der Waals surface area contributed by atoms with Crippen molar-refractivity contribution >= 4 is 17.4 Å². The van der Waals surface area contributed by atoms with E-state index in [0.717, 1.165) is 0 Å². The molecule has 0 heterocycles. The average molecular weight is 144 g/mol. The van der Waals surface area contributed by atoms with Crippen LogP contribution in [-0.2, 0) is 9.47 Å². The quantitative estimate of drug-likeness (QED) is 0.299. The van der Waals surface area contributed by atoms with Gasteiger partial charge in [-0.3, -0.25) is 0 Å². The third kappa shape index (κ3) is 15.7. The molecule has 0 rings (SSSR count). The van der Waals surface area contributed by atoms with Crippen LogP contribution >= 0.6 is 0 Å². The molecule has 0 atom stereocenters. The first-order valence-corrected chi connectivity index (χ1v) is 1.89. The van der Waals surface area contributed by atoms with E-state index in [1.54, 1.807) is 14.2 Å². The van der Waals surface area contributed by atoms with Crippen molar-refractivity contribution in [3.63, 3.8) is 0 Å². The van der Waals surface area contributed by atoms with Crippen LogP contribution in [0.25, 0.3) is 0 Å². The third-order valence-corrected chi connectivity index (χ3v) is 0.492. The number of hydrogen-bond donors (Lipinski definition) is 0. The monoisotopic (exact) mass is 144 g/mol. The summed E-state index contributed by atoms with van der Waals surface area (Å²) in [6, 6.07) is 0. The second-order valence-corrected chi connectivity index (χ2v) is 0.986. The topological polar surface area (TPSA) is 18.5 Å². The van der Waals surface area contributed by atoms with Crippen molar-refractivity contribution in [2.24, 2.45) is 0 Å². The summed E-state index contributed by atoms with van der Waals surface area (Å²) in [7, 11) is 3.30. The molecule has 0 unspecified atom stereocenters. The second-order valence-electron chi connectivity index (χ2n) is 0.986. The van der Waals surface area contributed by atoms with E-state index in [9.17, 15) is 0 Å². The van der Waals surface area contributed by atoms with E-state index in [1.165, 1.54) is 0 Å². The largest absolute Gasteiger partial charge is 1.00 e. The Kier molecular flexibility index (Phi) is 32.0. The molecule has 0 aromatic rings. The van der Waals surface area contributed by atoms with Gasteiger partial charge < -0.3 is 10.9 Å². The van der Waals surface area contributed by atoms with Crippen LogP contribution in [-0.4, -0.2) is 44.8 Å². The molecule has 0 radical (unpaired) electrons. The summed E-state index contributed by atoms with van der Waals surface area (Å²) in [5, 5.41) is 0. The molecular weight excluding hydrogens is 130 g/mol. The van der Waals surface area contributed by atoms with Crippen LogP contribution in [0.2, 0.25) is 0 Å². The van der Waals surface area contributed by atoms with Crippen molar-refractivity contribution in [2.75, 3.05) is 27.4 Å². The maximum atomic E-state index is 4.66. The Bertz CT molecular complexity index is 30.5. The van der Waals surface area contributed by atoms with Gasteiger partial charge in [0, 0.05) is 14.2 Å². The molecule has 0 aliphatic rings. The van der Waals surface area contributed by atoms with Crippen LogP contribution in [0, 0.1) is 0 Å². The van der Waals surface area contributed by atoms with Crippen molar-refractivity contribution in [3.8, 4) is 0 Å². The van der Waals surface area contributed by atoms with Crippen LogP contribution in [0.15, 0.2) is 0 Å². The van der Waals surface area contributed by atoms with E-state index in [-0.39, 0.29) is 48.3 Å². The second kappa shape index (κ2) is 15.8. The van der Waals surface area contributed by atoms with Crippen molar-refractivity contribution in [2.45, 2.75) is 0 Å². The van der Waals surface area contributed by atoms with E-state index in [2.05, 4.69) is 9.47 Å². The van der Waals surface area contributed by atoms with Crippen molar-refractivity contribution < 1.29 is 40.5 Å². The molecule has 0 aliphatic carbocycles. The van der Waals surface area contributed by atoms with Gasteiger partial charge in [-0.05, 0) is 0 Å². The molecule has 0 aliphatic heterocycles. The summed E-state index contributed by atoms with van der Waals surface area (Å²) in [5.41, 5.74) is 0. The van der Waals surface area contributed by atoms with Gasteiger partial charge in [0.25, 0.3) is 0 Å². The van der Waals surface area contributed by atoms with Crippen LogP contribution in [0.4, 0.5) is 0 Å². The fourth-order valence-electron chi connectivity index (χ4n) is 0.167. The molecule has 0 spiro atoms. The van der Waals surface area contributed by atoms with Gasteiger partial charge in [0.2, 0.25) is 0 Å². The minimum absolute atomic E-state index is 0. The summed E-state index contributed by atoms with van der Waals surface area (Å²) in [6.45, 7) is 1.38. The molecule has 0 N–H and O–H groups in total. The van der Waals surface area contributed by atoms with Crippen LogP contribution in [0.5, 0.6) is 0 Å². The predicted molar refractivity (Wildman–Crippen MR) is 34.8 cm³/mol. The first-order valence-electron chi connectivity index (χ1n) is 1.89. The number of rotatable bonds is 3. The van der Waals surface area contributed by atoms with Gasteiger partial charge >= 0.3 is 29.6 Å². The fraction of sp³-hybridized carbons (Fsp3) is 1.00. The fourth-order valence-corrected chi connectivity index (χ4v) is 0.167. The van der Waals surface area contributed by atoms with Gasteiger partial charge in [0.15, 0.2) is 17.4 Å². The molecule has 0 saturated heterocycles. The molecular formula is C4H14AlNaO2. The zero-order chi connectivity index (χ0) is 4.83. The molecule has 4 heteroatoms. The maximum absolute atomic E-state index is 4.66. The minimum Gasteiger partial charge on any atom is -1.00 e. The van der Waals surface area contributed by atoms with Crippen molar-refractivity contribution in [1.82, 2.24) is 0 Å². The molecule has 46 valence electrons. The molecule has 0 aromatic heterocycles. The van der Waals surface area contributed by atoms with E-state index in [0.29, 0.717) is 13.2 Å². The van der Waals surface area contributed by atoms with E-state index in [1.807, 2.05) is 0 Å². The Morgan fingerprint density at radius 2 is 1.38 bits per heavy atom. The van der Waals surface area contributed by atoms with Gasteiger partial charge in [-0.2, -0.15) is 0 Å². The maximum Gasteiger partial charge on any atom is 1.00 e. The molecule has 8 heavy (non-hydrogen) atoms. The zero-order valence-electron chi connectivity index (χ0n) is 6.23. The zero-order valence-corrected chi connectivity index (χ0v) is 7.23. The van der Waals surface area contributed by atoms with E-state index in [4.69, 9.17) is 0 Å². The predicted octanol–water partition coefficient (Wildman–Crippen LogP) is -3.79. The van der Waals surface area contributed by atoms with Crippen LogP contribution < -0.4 is 29.6 Å². The Morgan fingerprint density at radius 3 is 1.50 bits per heavy atom. The number of methoxy groups -OCH3 is 2. The first kappa shape index (κ1) is 16.2. The summed E-state index contributed by atoms with van der Waals surface area (Å²) in [6.07, 6.45) is 0. The molecule has 0 aromatic carbocycles. The smallest absolute Gasteiger partial charge is 1.00 e. The van der Waals surface area contributed by atoms with Crippen molar-refractivity contribution in [3.05, 3.63) is 0 Å². The van der Waals surface area contributed by atoms with Gasteiger partial charge in [-0.25, -0.2) is 0 Å². The molecule has 0 fully saturated rings. The summed E-state index contributed by atoms with van der Waals surface area (Å²) in [4.78, 5) is 0. The summed E-state index contributed by atoms with van der Waals surface area (Å²) >= 11 is 0. The average Bonchev–Trinajstić information content (AvgIpc) is 1.61. The number of hydrogen-bond acceptors (Lipinski definition) is 2. The first-order chi connectivity index (χ1) is 2.91. The van der Waals surface area contributed by atoms with Gasteiger partial charge in [-0.1, -0.05) is 0 Å². The molecule has 0 saturated carbocycles. The third-order valence-electron chi connectivity index (χ3n) is 0.492. The summed E-state index contributed by atoms with van der Waals surface area (Å²) < 4.78 is 9.31. The van der Waals surface area contributed by atoms with Crippen molar-refractivity contribution in [1.29, 1.82) is 0 Å². The Labute approximate surface area is 84.8 Å². The standard InChI is InChI=1S/C4H10O2.Al.Na.4H/c1-5-3-4-6-2;;;;;;/h3-4H2,1-2H3;;;;;;/q;;+1;;;;-1. The van der Waals surface area contributed by atoms with Gasteiger partial charge in [0.1, 0.15) is 0 Å². The minimum atomic E-state index is 0. The molecule has 2 nitrogen and oxygen atoms in total. The Morgan fingerprint density at radius 1 is 1.12 bits per heavy atom. The SMILES string of the molecule is COCCOC.[AlH3].[H-].[Na+]. The summed E-state index contributed by atoms with van der Waals surface area (Å²) in [5.74, 6) is 0.